The summed E-state index contributed by atoms with van der Waals surface area (Å²) in [6, 6.07) is 0.0368. The SMILES string of the molecule is CC1CCCC(CNC(=O)C2CSCCN2)C1. The smallest absolute Gasteiger partial charge is 0.238 e. The van der Waals surface area contributed by atoms with Crippen molar-refractivity contribution in [3.63, 3.8) is 0 Å². The molecule has 17 heavy (non-hydrogen) atoms. The number of rotatable bonds is 3. The zero-order valence-corrected chi connectivity index (χ0v) is 11.5. The van der Waals surface area contributed by atoms with Crippen molar-refractivity contribution >= 4 is 17.7 Å². The van der Waals surface area contributed by atoms with Gasteiger partial charge in [0.15, 0.2) is 0 Å². The second-order valence-electron chi connectivity index (χ2n) is 5.46. The van der Waals surface area contributed by atoms with Crippen molar-refractivity contribution in [2.24, 2.45) is 11.8 Å². The summed E-state index contributed by atoms with van der Waals surface area (Å²) >= 11 is 1.87. The molecule has 2 N–H and O–H groups in total. The molecule has 1 heterocycles. The van der Waals surface area contributed by atoms with Crippen molar-refractivity contribution < 1.29 is 4.79 Å². The van der Waals surface area contributed by atoms with Crippen LogP contribution in [0.25, 0.3) is 0 Å². The quantitative estimate of drug-likeness (QED) is 0.806. The fourth-order valence-electron chi connectivity index (χ4n) is 2.85. The van der Waals surface area contributed by atoms with Crippen LogP contribution in [-0.4, -0.2) is 36.5 Å². The van der Waals surface area contributed by atoms with Crippen LogP contribution < -0.4 is 10.6 Å². The van der Waals surface area contributed by atoms with Gasteiger partial charge in [-0.2, -0.15) is 11.8 Å². The van der Waals surface area contributed by atoms with Gasteiger partial charge in [-0.3, -0.25) is 4.79 Å². The van der Waals surface area contributed by atoms with Gasteiger partial charge in [0, 0.05) is 24.6 Å². The van der Waals surface area contributed by atoms with Crippen molar-refractivity contribution in [3.05, 3.63) is 0 Å². The Labute approximate surface area is 108 Å². The van der Waals surface area contributed by atoms with E-state index in [0.717, 1.165) is 30.5 Å². The molecule has 1 aliphatic carbocycles. The van der Waals surface area contributed by atoms with Crippen LogP contribution in [-0.2, 0) is 4.79 Å². The molecule has 2 fully saturated rings. The Kier molecular flexibility index (Phi) is 5.16. The average molecular weight is 256 g/mol. The highest BCUT2D eigenvalue weighted by atomic mass is 32.2. The topological polar surface area (TPSA) is 41.1 Å². The maximum absolute atomic E-state index is 11.9. The molecule has 98 valence electrons. The molecule has 0 bridgehead atoms. The molecule has 0 aromatic carbocycles. The zero-order chi connectivity index (χ0) is 12.1. The molecule has 0 spiro atoms. The summed E-state index contributed by atoms with van der Waals surface area (Å²) in [5.41, 5.74) is 0. The lowest BCUT2D eigenvalue weighted by Crippen LogP contribution is -2.49. The highest BCUT2D eigenvalue weighted by Gasteiger charge is 2.23. The predicted octanol–water partition coefficient (Wildman–Crippen LogP) is 1.63. The Morgan fingerprint density at radius 1 is 1.47 bits per heavy atom. The number of carbonyl (C=O) groups excluding carboxylic acids is 1. The minimum atomic E-state index is 0.0368. The number of carbonyl (C=O) groups is 1. The van der Waals surface area contributed by atoms with E-state index in [2.05, 4.69) is 17.6 Å². The lowest BCUT2D eigenvalue weighted by atomic mass is 9.82. The van der Waals surface area contributed by atoms with Crippen molar-refractivity contribution in [1.29, 1.82) is 0 Å². The Bertz CT molecular complexity index is 254. The van der Waals surface area contributed by atoms with Gasteiger partial charge in [0.05, 0.1) is 6.04 Å². The molecular formula is C13H24N2OS. The van der Waals surface area contributed by atoms with Crippen LogP contribution in [0.3, 0.4) is 0 Å². The number of nitrogens with one attached hydrogen (secondary N) is 2. The van der Waals surface area contributed by atoms with Gasteiger partial charge in [0.1, 0.15) is 0 Å². The van der Waals surface area contributed by atoms with E-state index < -0.39 is 0 Å². The first-order chi connectivity index (χ1) is 8.25. The van der Waals surface area contributed by atoms with Gasteiger partial charge in [-0.15, -0.1) is 0 Å². The van der Waals surface area contributed by atoms with Gasteiger partial charge in [-0.25, -0.2) is 0 Å². The van der Waals surface area contributed by atoms with E-state index in [1.54, 1.807) is 0 Å². The van der Waals surface area contributed by atoms with Crippen LogP contribution in [0.2, 0.25) is 0 Å². The van der Waals surface area contributed by atoms with Gasteiger partial charge in [-0.05, 0) is 24.7 Å². The fraction of sp³-hybridized carbons (Fsp3) is 0.923. The van der Waals surface area contributed by atoms with E-state index in [9.17, 15) is 4.79 Å². The maximum Gasteiger partial charge on any atom is 0.238 e. The fourth-order valence-corrected chi connectivity index (χ4v) is 3.78. The monoisotopic (exact) mass is 256 g/mol. The molecular weight excluding hydrogens is 232 g/mol. The summed E-state index contributed by atoms with van der Waals surface area (Å²) in [5, 5.41) is 6.41. The molecule has 3 unspecified atom stereocenters. The van der Waals surface area contributed by atoms with Crippen LogP contribution in [0.1, 0.15) is 32.6 Å². The van der Waals surface area contributed by atoms with E-state index >= 15 is 0 Å². The molecule has 0 aromatic heterocycles. The molecule has 3 atom stereocenters. The van der Waals surface area contributed by atoms with E-state index in [1.807, 2.05) is 11.8 Å². The average Bonchev–Trinajstić information content (AvgIpc) is 2.37. The van der Waals surface area contributed by atoms with Gasteiger partial charge in [-0.1, -0.05) is 19.8 Å². The minimum Gasteiger partial charge on any atom is -0.354 e. The lowest BCUT2D eigenvalue weighted by molar-refractivity contribution is -0.122. The largest absolute Gasteiger partial charge is 0.354 e. The summed E-state index contributed by atoms with van der Waals surface area (Å²) in [5.74, 6) is 3.81. The second-order valence-corrected chi connectivity index (χ2v) is 6.61. The third kappa shape index (κ3) is 4.18. The molecule has 1 aliphatic heterocycles. The number of hydrogen-bond acceptors (Lipinski definition) is 3. The first-order valence-electron chi connectivity index (χ1n) is 6.84. The van der Waals surface area contributed by atoms with Crippen molar-refractivity contribution in [2.45, 2.75) is 38.6 Å². The third-order valence-electron chi connectivity index (χ3n) is 3.85. The van der Waals surface area contributed by atoms with Crippen molar-refractivity contribution in [2.75, 3.05) is 24.6 Å². The van der Waals surface area contributed by atoms with E-state index in [-0.39, 0.29) is 11.9 Å². The summed E-state index contributed by atoms with van der Waals surface area (Å²) in [7, 11) is 0. The van der Waals surface area contributed by atoms with Crippen LogP contribution >= 0.6 is 11.8 Å². The first-order valence-corrected chi connectivity index (χ1v) is 8.00. The van der Waals surface area contributed by atoms with Crippen LogP contribution in [0.15, 0.2) is 0 Å². The molecule has 1 saturated heterocycles. The lowest BCUT2D eigenvalue weighted by Gasteiger charge is -2.28. The zero-order valence-electron chi connectivity index (χ0n) is 10.7. The molecule has 0 radical (unpaired) electrons. The molecule has 1 amide bonds. The Balaban J connectivity index is 1.68. The van der Waals surface area contributed by atoms with Gasteiger partial charge in [0.2, 0.25) is 5.91 Å². The Hall–Kier alpha value is -0.220. The Morgan fingerprint density at radius 2 is 2.35 bits per heavy atom. The van der Waals surface area contributed by atoms with Crippen molar-refractivity contribution in [3.8, 4) is 0 Å². The van der Waals surface area contributed by atoms with Gasteiger partial charge in [0.25, 0.3) is 0 Å². The molecule has 3 nitrogen and oxygen atoms in total. The molecule has 0 aromatic rings. The summed E-state index contributed by atoms with van der Waals surface area (Å²) in [6.45, 7) is 4.17. The number of hydrogen-bond donors (Lipinski definition) is 2. The highest BCUT2D eigenvalue weighted by molar-refractivity contribution is 7.99. The third-order valence-corrected chi connectivity index (χ3v) is 4.91. The number of thioether (sulfide) groups is 1. The van der Waals surface area contributed by atoms with Gasteiger partial charge >= 0.3 is 0 Å². The maximum atomic E-state index is 11.9. The molecule has 2 aliphatic rings. The van der Waals surface area contributed by atoms with Crippen LogP contribution in [0, 0.1) is 11.8 Å². The Morgan fingerprint density at radius 3 is 3.06 bits per heavy atom. The highest BCUT2D eigenvalue weighted by Crippen LogP contribution is 2.27. The number of amides is 1. The van der Waals surface area contributed by atoms with Gasteiger partial charge < -0.3 is 10.6 Å². The molecule has 4 heteroatoms. The van der Waals surface area contributed by atoms with Crippen molar-refractivity contribution in [1.82, 2.24) is 10.6 Å². The standard InChI is InChI=1S/C13H24N2OS/c1-10-3-2-4-11(7-10)8-15-13(16)12-9-17-6-5-14-12/h10-12,14H,2-9H2,1H3,(H,15,16). The predicted molar refractivity (Wildman–Crippen MR) is 73.2 cm³/mol. The van der Waals surface area contributed by atoms with E-state index in [4.69, 9.17) is 0 Å². The second kappa shape index (κ2) is 6.64. The summed E-state index contributed by atoms with van der Waals surface area (Å²) < 4.78 is 0. The normalized spacial score (nSPS) is 34.3. The molecule has 1 saturated carbocycles. The van der Waals surface area contributed by atoms with Crippen LogP contribution in [0.4, 0.5) is 0 Å². The summed E-state index contributed by atoms with van der Waals surface area (Å²) in [4.78, 5) is 11.9. The van der Waals surface area contributed by atoms with Crippen LogP contribution in [0.5, 0.6) is 0 Å². The first kappa shape index (κ1) is 13.2. The summed E-state index contributed by atoms with van der Waals surface area (Å²) in [6.07, 6.45) is 5.27. The minimum absolute atomic E-state index is 0.0368. The molecule has 2 rings (SSSR count). The van der Waals surface area contributed by atoms with E-state index in [0.29, 0.717) is 5.92 Å². The van der Waals surface area contributed by atoms with E-state index in [1.165, 1.54) is 25.7 Å².